The lowest BCUT2D eigenvalue weighted by Gasteiger charge is -2.14. The summed E-state index contributed by atoms with van der Waals surface area (Å²) >= 11 is 0. The molecule has 0 amide bonds. The van der Waals surface area contributed by atoms with Crippen LogP contribution in [0.1, 0.15) is 49.5 Å². The molecular formula is C29H36N6. The second-order valence-electron chi connectivity index (χ2n) is 9.53. The number of hydrogen-bond donors (Lipinski definition) is 4. The summed E-state index contributed by atoms with van der Waals surface area (Å²) in [6.07, 6.45) is 6.42. The lowest BCUT2D eigenvalue weighted by molar-refractivity contribution is 0.675. The molecule has 0 saturated heterocycles. The van der Waals surface area contributed by atoms with E-state index in [1.165, 1.54) is 40.3 Å². The van der Waals surface area contributed by atoms with Gasteiger partial charge in [0, 0.05) is 12.8 Å². The lowest BCUT2D eigenvalue weighted by atomic mass is 9.98. The van der Waals surface area contributed by atoms with Gasteiger partial charge >= 0.3 is 0 Å². The Kier molecular flexibility index (Phi) is 7.40. The van der Waals surface area contributed by atoms with Crippen molar-refractivity contribution < 1.29 is 0 Å². The Bertz CT molecular complexity index is 1320. The van der Waals surface area contributed by atoms with Gasteiger partial charge < -0.3 is 21.4 Å². The first kappa shape index (κ1) is 23.5. The van der Waals surface area contributed by atoms with Crippen LogP contribution in [0.25, 0.3) is 32.9 Å². The number of aryl methyl sites for hydroxylation is 1. The number of aromatic amines is 1. The highest BCUT2D eigenvalue weighted by atomic mass is 15.1. The van der Waals surface area contributed by atoms with Crippen molar-refractivity contribution in [3.05, 3.63) is 66.0 Å². The number of nitrogens with zero attached hydrogens (tertiary/aromatic N) is 2. The van der Waals surface area contributed by atoms with Crippen LogP contribution in [0.2, 0.25) is 0 Å². The summed E-state index contributed by atoms with van der Waals surface area (Å²) in [5.74, 6) is 2.19. The van der Waals surface area contributed by atoms with E-state index in [0.29, 0.717) is 0 Å². The predicted octanol–water partition coefficient (Wildman–Crippen LogP) is 5.10. The van der Waals surface area contributed by atoms with Gasteiger partial charge in [0.15, 0.2) is 0 Å². The van der Waals surface area contributed by atoms with Crippen LogP contribution in [0.4, 0.5) is 0 Å². The molecule has 5 rings (SSSR count). The molecule has 1 aliphatic heterocycles. The second kappa shape index (κ2) is 11.0. The third-order valence-corrected chi connectivity index (χ3v) is 6.89. The Morgan fingerprint density at radius 2 is 1.71 bits per heavy atom. The number of fused-ring (bicyclic) bond motifs is 2. The summed E-state index contributed by atoms with van der Waals surface area (Å²) in [5, 5.41) is 9.36. The lowest BCUT2D eigenvalue weighted by Crippen LogP contribution is -2.23. The van der Waals surface area contributed by atoms with Crippen LogP contribution in [0.3, 0.4) is 0 Å². The molecular weight excluding hydrogens is 432 g/mol. The fourth-order valence-corrected chi connectivity index (χ4v) is 4.89. The maximum Gasteiger partial charge on any atom is 0.107 e. The largest absolute Gasteiger partial charge is 0.365 e. The van der Waals surface area contributed by atoms with Crippen molar-refractivity contribution in [2.75, 3.05) is 26.7 Å². The minimum Gasteiger partial charge on any atom is -0.365 e. The van der Waals surface area contributed by atoms with Crippen LogP contribution < -0.4 is 16.4 Å². The Labute approximate surface area is 207 Å². The van der Waals surface area contributed by atoms with Crippen molar-refractivity contribution in [1.29, 1.82) is 0 Å². The average Bonchev–Trinajstić information content (AvgIpc) is 3.52. The number of aromatic nitrogens is 2. The molecule has 1 unspecified atom stereocenters. The Morgan fingerprint density at radius 3 is 2.60 bits per heavy atom. The Balaban J connectivity index is 1.28. The number of aliphatic imine (C=N–C) groups is 1. The van der Waals surface area contributed by atoms with Gasteiger partial charge in [-0.3, -0.25) is 4.99 Å². The number of imidazole rings is 1. The molecule has 35 heavy (non-hydrogen) atoms. The minimum absolute atomic E-state index is 0.278. The van der Waals surface area contributed by atoms with Crippen molar-refractivity contribution >= 4 is 27.6 Å². The summed E-state index contributed by atoms with van der Waals surface area (Å²) in [5.41, 5.74) is 11.5. The van der Waals surface area contributed by atoms with E-state index in [1.54, 1.807) is 0 Å². The molecule has 1 aromatic heterocycles. The number of nitrogens with two attached hydrogens (primary N) is 1. The normalized spacial score (nSPS) is 15.6. The topological polar surface area (TPSA) is 91.1 Å². The first-order valence-corrected chi connectivity index (χ1v) is 12.9. The number of nitrogens with one attached hydrogen (secondary N) is 3. The molecule has 6 heteroatoms. The summed E-state index contributed by atoms with van der Waals surface area (Å²) in [4.78, 5) is 13.0. The van der Waals surface area contributed by atoms with Gasteiger partial charge in [-0.15, -0.1) is 0 Å². The van der Waals surface area contributed by atoms with Crippen LogP contribution in [0.15, 0.2) is 59.6 Å². The number of rotatable bonds is 11. The van der Waals surface area contributed by atoms with E-state index in [1.807, 2.05) is 7.05 Å². The highest BCUT2D eigenvalue weighted by Crippen LogP contribution is 2.29. The van der Waals surface area contributed by atoms with E-state index < -0.39 is 0 Å². The zero-order valence-corrected chi connectivity index (χ0v) is 20.6. The minimum atomic E-state index is 0.278. The van der Waals surface area contributed by atoms with Crippen molar-refractivity contribution in [3.63, 3.8) is 0 Å². The molecule has 182 valence electrons. The van der Waals surface area contributed by atoms with Gasteiger partial charge in [0.25, 0.3) is 0 Å². The fraction of sp³-hybridized carbons (Fsp3) is 0.379. The van der Waals surface area contributed by atoms with Gasteiger partial charge in [-0.2, -0.15) is 0 Å². The van der Waals surface area contributed by atoms with Gasteiger partial charge in [0.1, 0.15) is 5.82 Å². The van der Waals surface area contributed by atoms with E-state index in [-0.39, 0.29) is 6.04 Å². The zero-order chi connectivity index (χ0) is 24.0. The molecule has 0 saturated carbocycles. The molecule has 4 aromatic rings. The molecule has 3 aromatic carbocycles. The molecule has 0 spiro atoms. The second-order valence-corrected chi connectivity index (χ2v) is 9.53. The first-order chi connectivity index (χ1) is 17.2. The number of benzene rings is 3. The number of H-pyrrole nitrogens is 1. The number of unbranched alkanes of at least 4 members (excludes halogenated alkanes) is 2. The van der Waals surface area contributed by atoms with Crippen LogP contribution in [0.5, 0.6) is 0 Å². The third-order valence-electron chi connectivity index (χ3n) is 6.89. The number of amidine groups is 1. The van der Waals surface area contributed by atoms with Crippen LogP contribution in [-0.2, 0) is 6.42 Å². The van der Waals surface area contributed by atoms with Crippen molar-refractivity contribution in [2.24, 2.45) is 10.7 Å². The van der Waals surface area contributed by atoms with E-state index in [0.717, 1.165) is 68.0 Å². The van der Waals surface area contributed by atoms with Crippen LogP contribution in [0, 0.1) is 0 Å². The SMILES string of the molecule is CNCCCCC1=NCC(c2ccc3cc(-c4ccc5nc(CCCCN)[nH]c5c4)ccc3c2)N1. The highest BCUT2D eigenvalue weighted by molar-refractivity contribution is 5.90. The summed E-state index contributed by atoms with van der Waals surface area (Å²) in [6, 6.07) is 20.3. The quantitative estimate of drug-likeness (QED) is 0.231. The van der Waals surface area contributed by atoms with E-state index in [2.05, 4.69) is 70.2 Å². The van der Waals surface area contributed by atoms with Gasteiger partial charge in [0.2, 0.25) is 0 Å². The first-order valence-electron chi connectivity index (χ1n) is 12.9. The highest BCUT2D eigenvalue weighted by Gasteiger charge is 2.19. The zero-order valence-electron chi connectivity index (χ0n) is 20.6. The molecule has 5 N–H and O–H groups in total. The molecule has 6 nitrogen and oxygen atoms in total. The van der Waals surface area contributed by atoms with Gasteiger partial charge in [-0.05, 0) is 97.5 Å². The third kappa shape index (κ3) is 5.55. The molecule has 0 aliphatic carbocycles. The predicted molar refractivity (Wildman–Crippen MR) is 147 cm³/mol. The fourth-order valence-electron chi connectivity index (χ4n) is 4.89. The van der Waals surface area contributed by atoms with Crippen molar-refractivity contribution in [2.45, 2.75) is 44.6 Å². The smallest absolute Gasteiger partial charge is 0.107 e. The molecule has 0 fully saturated rings. The molecule has 1 atom stereocenters. The maximum atomic E-state index is 5.62. The van der Waals surface area contributed by atoms with Crippen molar-refractivity contribution in [1.82, 2.24) is 20.6 Å². The molecule has 0 radical (unpaired) electrons. The summed E-state index contributed by atoms with van der Waals surface area (Å²) in [6.45, 7) is 2.62. The van der Waals surface area contributed by atoms with E-state index in [9.17, 15) is 0 Å². The van der Waals surface area contributed by atoms with Crippen LogP contribution >= 0.6 is 0 Å². The van der Waals surface area contributed by atoms with Gasteiger partial charge in [-0.1, -0.05) is 30.3 Å². The monoisotopic (exact) mass is 468 g/mol. The summed E-state index contributed by atoms with van der Waals surface area (Å²) < 4.78 is 0. The number of hydrogen-bond acceptors (Lipinski definition) is 5. The van der Waals surface area contributed by atoms with Crippen molar-refractivity contribution in [3.8, 4) is 11.1 Å². The average molecular weight is 469 g/mol. The van der Waals surface area contributed by atoms with Gasteiger partial charge in [0.05, 0.1) is 29.5 Å². The standard InChI is InChI=1S/C29H36N6/c1-31-15-5-3-6-28-32-19-27(35-28)24-11-10-20-16-21(8-9-22(20)17-24)23-12-13-25-26(18-23)34-29(33-25)7-2-4-14-30/h8-13,16-18,27,31H,2-7,14-15,19,30H2,1H3,(H,32,35)(H,33,34). The Hall–Kier alpha value is -3.22. The van der Waals surface area contributed by atoms with E-state index >= 15 is 0 Å². The Morgan fingerprint density at radius 1 is 0.914 bits per heavy atom. The molecule has 2 heterocycles. The van der Waals surface area contributed by atoms with Crippen LogP contribution in [-0.4, -0.2) is 42.5 Å². The van der Waals surface area contributed by atoms with Gasteiger partial charge in [-0.25, -0.2) is 4.98 Å². The molecule has 0 bridgehead atoms. The summed E-state index contributed by atoms with van der Waals surface area (Å²) in [7, 11) is 2.00. The maximum absolute atomic E-state index is 5.62. The molecule has 1 aliphatic rings. The van der Waals surface area contributed by atoms with E-state index in [4.69, 9.17) is 15.7 Å².